The summed E-state index contributed by atoms with van der Waals surface area (Å²) >= 11 is 5.24. The third-order valence-electron chi connectivity index (χ3n) is 5.27. The summed E-state index contributed by atoms with van der Waals surface area (Å²) in [5.74, 6) is 1.56. The number of benzene rings is 3. The van der Waals surface area contributed by atoms with Gasteiger partial charge in [0, 0.05) is 23.7 Å². The average molecular weight is 480 g/mol. The van der Waals surface area contributed by atoms with Crippen molar-refractivity contribution in [3.05, 3.63) is 108 Å². The van der Waals surface area contributed by atoms with E-state index in [2.05, 4.69) is 15.6 Å². The van der Waals surface area contributed by atoms with E-state index in [9.17, 15) is 4.79 Å². The molecule has 1 amide bonds. The summed E-state index contributed by atoms with van der Waals surface area (Å²) in [4.78, 5) is 16.7. The van der Waals surface area contributed by atoms with Crippen molar-refractivity contribution in [2.75, 3.05) is 0 Å². The SMILES string of the molecule is O=C(/C=C/c1ccc(-c2ccccc2)o1)NC(=S)NCc1ccc(-c2nc3ccccc3o2)cc1. The van der Waals surface area contributed by atoms with Crippen molar-refractivity contribution in [2.45, 2.75) is 6.54 Å². The van der Waals surface area contributed by atoms with Gasteiger partial charge in [-0.2, -0.15) is 0 Å². The van der Waals surface area contributed by atoms with Gasteiger partial charge >= 0.3 is 0 Å². The zero-order chi connectivity index (χ0) is 24.0. The summed E-state index contributed by atoms with van der Waals surface area (Å²) in [5.41, 5.74) is 4.45. The molecule has 0 aliphatic rings. The highest BCUT2D eigenvalue weighted by Crippen LogP contribution is 2.24. The van der Waals surface area contributed by atoms with Crippen LogP contribution in [0.5, 0.6) is 0 Å². The number of fused-ring (bicyclic) bond motifs is 1. The number of carbonyl (C=O) groups excluding carboxylic acids is 1. The second-order valence-electron chi connectivity index (χ2n) is 7.76. The van der Waals surface area contributed by atoms with Crippen LogP contribution < -0.4 is 10.6 Å². The van der Waals surface area contributed by atoms with E-state index in [1.807, 2.05) is 91.0 Å². The van der Waals surface area contributed by atoms with E-state index in [-0.39, 0.29) is 11.0 Å². The highest BCUT2D eigenvalue weighted by Gasteiger charge is 2.08. The van der Waals surface area contributed by atoms with Crippen LogP contribution >= 0.6 is 12.2 Å². The number of hydrogen-bond donors (Lipinski definition) is 2. The Bertz CT molecular complexity index is 1470. The molecule has 0 spiro atoms. The number of aromatic nitrogens is 1. The molecule has 6 nitrogen and oxygen atoms in total. The molecule has 0 fully saturated rings. The lowest BCUT2D eigenvalue weighted by molar-refractivity contribution is -0.115. The standard InChI is InChI=1S/C28H21N3O3S/c32-26(17-15-22-14-16-24(33-22)20-6-2-1-3-7-20)31-28(35)29-18-19-10-12-21(13-11-19)27-30-23-8-4-5-9-25(23)34-27/h1-17H,18H2,(H2,29,31,32,35)/b17-15+. The van der Waals surface area contributed by atoms with Crippen LogP contribution in [0.4, 0.5) is 0 Å². The molecule has 0 saturated heterocycles. The van der Waals surface area contributed by atoms with Crippen molar-refractivity contribution in [1.82, 2.24) is 15.6 Å². The summed E-state index contributed by atoms with van der Waals surface area (Å²) in [6.07, 6.45) is 2.99. The normalized spacial score (nSPS) is 11.1. The van der Waals surface area contributed by atoms with E-state index in [4.69, 9.17) is 21.1 Å². The van der Waals surface area contributed by atoms with E-state index in [1.54, 1.807) is 6.08 Å². The van der Waals surface area contributed by atoms with Crippen LogP contribution in [-0.2, 0) is 11.3 Å². The van der Waals surface area contributed by atoms with Crippen LogP contribution in [0, 0.1) is 0 Å². The minimum atomic E-state index is -0.341. The van der Waals surface area contributed by atoms with Gasteiger partial charge in [-0.15, -0.1) is 0 Å². The zero-order valence-electron chi connectivity index (χ0n) is 18.6. The zero-order valence-corrected chi connectivity index (χ0v) is 19.4. The van der Waals surface area contributed by atoms with Crippen LogP contribution in [0.25, 0.3) is 40.0 Å². The number of thiocarbonyl (C=S) groups is 1. The maximum Gasteiger partial charge on any atom is 0.250 e. The maximum absolute atomic E-state index is 12.2. The fraction of sp³-hybridized carbons (Fsp3) is 0.0357. The lowest BCUT2D eigenvalue weighted by atomic mass is 10.1. The summed E-state index contributed by atoms with van der Waals surface area (Å²) < 4.78 is 11.6. The van der Waals surface area contributed by atoms with Crippen molar-refractivity contribution in [2.24, 2.45) is 0 Å². The predicted octanol–water partition coefficient (Wildman–Crippen LogP) is 5.96. The van der Waals surface area contributed by atoms with Gasteiger partial charge in [-0.25, -0.2) is 4.98 Å². The number of hydrogen-bond acceptors (Lipinski definition) is 5. The maximum atomic E-state index is 12.2. The Morgan fingerprint density at radius 3 is 2.43 bits per heavy atom. The minimum Gasteiger partial charge on any atom is -0.457 e. The fourth-order valence-electron chi connectivity index (χ4n) is 3.50. The second kappa shape index (κ2) is 10.2. The molecule has 5 aromatic rings. The number of rotatable bonds is 6. The first-order chi connectivity index (χ1) is 17.1. The number of nitrogens with one attached hydrogen (secondary N) is 2. The molecule has 2 heterocycles. The van der Waals surface area contributed by atoms with Gasteiger partial charge in [-0.05, 0) is 60.3 Å². The van der Waals surface area contributed by atoms with Gasteiger partial charge < -0.3 is 14.2 Å². The van der Waals surface area contributed by atoms with Crippen molar-refractivity contribution < 1.29 is 13.6 Å². The quantitative estimate of drug-likeness (QED) is 0.231. The van der Waals surface area contributed by atoms with Crippen LogP contribution in [0.2, 0.25) is 0 Å². The molecule has 3 aromatic carbocycles. The fourth-order valence-corrected chi connectivity index (χ4v) is 3.67. The van der Waals surface area contributed by atoms with E-state index in [0.717, 1.165) is 33.6 Å². The second-order valence-corrected chi connectivity index (χ2v) is 8.17. The Labute approximate surface area is 207 Å². The van der Waals surface area contributed by atoms with Crippen molar-refractivity contribution >= 4 is 40.4 Å². The summed E-state index contributed by atoms with van der Waals surface area (Å²) in [6, 6.07) is 28.9. The van der Waals surface area contributed by atoms with Crippen LogP contribution in [0.15, 0.2) is 106 Å². The first-order valence-corrected chi connectivity index (χ1v) is 11.4. The van der Waals surface area contributed by atoms with E-state index in [1.165, 1.54) is 6.08 Å². The minimum absolute atomic E-state index is 0.243. The molecule has 172 valence electrons. The molecule has 0 saturated carbocycles. The van der Waals surface area contributed by atoms with Crippen LogP contribution in [0.1, 0.15) is 11.3 Å². The van der Waals surface area contributed by atoms with Gasteiger partial charge in [-0.3, -0.25) is 10.1 Å². The molecule has 0 unspecified atom stereocenters. The highest BCUT2D eigenvalue weighted by atomic mass is 32.1. The van der Waals surface area contributed by atoms with Gasteiger partial charge in [0.2, 0.25) is 11.8 Å². The Kier molecular flexibility index (Phi) is 6.50. The molecule has 5 rings (SSSR count). The molecule has 0 aliphatic heterocycles. The number of amides is 1. The van der Waals surface area contributed by atoms with Gasteiger partial charge in [0.15, 0.2) is 10.7 Å². The first kappa shape index (κ1) is 22.3. The first-order valence-electron chi connectivity index (χ1n) is 11.0. The smallest absolute Gasteiger partial charge is 0.250 e. The number of para-hydroxylation sites is 2. The van der Waals surface area contributed by atoms with Gasteiger partial charge in [0.25, 0.3) is 0 Å². The van der Waals surface area contributed by atoms with Crippen LogP contribution in [-0.4, -0.2) is 16.0 Å². The molecular formula is C28H21N3O3S. The number of nitrogens with zero attached hydrogens (tertiary/aromatic N) is 1. The molecule has 2 N–H and O–H groups in total. The molecular weight excluding hydrogens is 458 g/mol. The van der Waals surface area contributed by atoms with Crippen molar-refractivity contribution in [3.8, 4) is 22.8 Å². The van der Waals surface area contributed by atoms with Crippen LogP contribution in [0.3, 0.4) is 0 Å². The summed E-state index contributed by atoms with van der Waals surface area (Å²) in [7, 11) is 0. The third kappa shape index (κ3) is 5.54. The Hall–Kier alpha value is -4.49. The summed E-state index contributed by atoms with van der Waals surface area (Å²) in [5, 5.41) is 5.92. The van der Waals surface area contributed by atoms with E-state index >= 15 is 0 Å². The Morgan fingerprint density at radius 2 is 1.63 bits per heavy atom. The largest absolute Gasteiger partial charge is 0.457 e. The Morgan fingerprint density at radius 1 is 0.857 bits per heavy atom. The average Bonchev–Trinajstić information content (AvgIpc) is 3.54. The lowest BCUT2D eigenvalue weighted by Crippen LogP contribution is -2.37. The topological polar surface area (TPSA) is 80.3 Å². The third-order valence-corrected chi connectivity index (χ3v) is 5.52. The molecule has 0 atom stereocenters. The number of carbonyl (C=O) groups is 1. The van der Waals surface area contributed by atoms with E-state index in [0.29, 0.717) is 18.2 Å². The van der Waals surface area contributed by atoms with Gasteiger partial charge in [0.1, 0.15) is 17.0 Å². The molecule has 0 bridgehead atoms. The predicted molar refractivity (Wildman–Crippen MR) is 140 cm³/mol. The Balaban J connectivity index is 1.11. The van der Waals surface area contributed by atoms with Crippen molar-refractivity contribution in [3.63, 3.8) is 0 Å². The molecule has 7 heteroatoms. The lowest BCUT2D eigenvalue weighted by Gasteiger charge is -2.08. The van der Waals surface area contributed by atoms with Gasteiger partial charge in [-0.1, -0.05) is 54.6 Å². The summed E-state index contributed by atoms with van der Waals surface area (Å²) in [6.45, 7) is 0.468. The monoisotopic (exact) mass is 479 g/mol. The molecule has 2 aromatic heterocycles. The van der Waals surface area contributed by atoms with Gasteiger partial charge in [0.05, 0.1) is 0 Å². The van der Waals surface area contributed by atoms with E-state index < -0.39 is 0 Å². The molecule has 35 heavy (non-hydrogen) atoms. The highest BCUT2D eigenvalue weighted by molar-refractivity contribution is 7.80. The molecule has 0 radical (unpaired) electrons. The molecule has 0 aliphatic carbocycles. The van der Waals surface area contributed by atoms with Crippen molar-refractivity contribution in [1.29, 1.82) is 0 Å². The number of furan rings is 1. The number of oxazole rings is 1.